The van der Waals surface area contributed by atoms with Crippen molar-refractivity contribution < 1.29 is 4.79 Å². The van der Waals surface area contributed by atoms with E-state index in [2.05, 4.69) is 18.7 Å². The molecule has 1 aliphatic carbocycles. The van der Waals surface area contributed by atoms with Crippen LogP contribution in [0.25, 0.3) is 0 Å². The molecular weight excluding hydrogens is 160 g/mol. The number of carbonyl (C=O) groups is 1. The smallest absolute Gasteiger partial charge is 0.159 e. The summed E-state index contributed by atoms with van der Waals surface area (Å²) in [6.45, 7) is 3.77. The van der Waals surface area contributed by atoms with Gasteiger partial charge in [-0.25, -0.2) is 0 Å². The number of benzene rings is 1. The first-order valence-electron chi connectivity index (χ1n) is 4.53. The van der Waals surface area contributed by atoms with Gasteiger partial charge < -0.3 is 0 Å². The minimum Gasteiger partial charge on any atom is -0.295 e. The second-order valence-corrected chi connectivity index (χ2v) is 3.54. The third kappa shape index (κ3) is 1.55. The highest BCUT2D eigenvalue weighted by atomic mass is 16.1. The average molecular weight is 172 g/mol. The molecule has 0 spiro atoms. The fraction of sp³-hybridized carbons (Fsp3) is 0.250. The molecule has 0 aromatic heterocycles. The van der Waals surface area contributed by atoms with Crippen LogP contribution in [0.2, 0.25) is 0 Å². The molecule has 66 valence electrons. The van der Waals surface area contributed by atoms with E-state index in [-0.39, 0.29) is 5.78 Å². The van der Waals surface area contributed by atoms with Crippen LogP contribution in [-0.4, -0.2) is 5.78 Å². The molecule has 13 heavy (non-hydrogen) atoms. The number of Topliss-reactive ketones (excluding diaryl/α,β-unsaturated/α-hetero) is 1. The van der Waals surface area contributed by atoms with Gasteiger partial charge in [0, 0.05) is 6.42 Å². The van der Waals surface area contributed by atoms with Gasteiger partial charge >= 0.3 is 0 Å². The second kappa shape index (κ2) is 3.17. The van der Waals surface area contributed by atoms with Gasteiger partial charge in [0.05, 0.1) is 0 Å². The van der Waals surface area contributed by atoms with Crippen LogP contribution in [0.3, 0.4) is 0 Å². The van der Waals surface area contributed by atoms with Crippen molar-refractivity contribution in [3.05, 3.63) is 48.0 Å². The second-order valence-electron chi connectivity index (χ2n) is 3.54. The van der Waals surface area contributed by atoms with Crippen molar-refractivity contribution in [2.45, 2.75) is 12.8 Å². The third-order valence-corrected chi connectivity index (χ3v) is 2.61. The molecule has 1 fully saturated rings. The van der Waals surface area contributed by atoms with Crippen LogP contribution >= 0.6 is 0 Å². The summed E-state index contributed by atoms with van der Waals surface area (Å²) in [5.41, 5.74) is 2.10. The lowest BCUT2D eigenvalue weighted by Gasteiger charge is -2.27. The first-order chi connectivity index (χ1) is 6.27. The minimum absolute atomic E-state index is 0.237. The summed E-state index contributed by atoms with van der Waals surface area (Å²) in [5, 5.41) is 0. The first-order valence-corrected chi connectivity index (χ1v) is 4.53. The highest BCUT2D eigenvalue weighted by molar-refractivity contribution is 6.02. The largest absolute Gasteiger partial charge is 0.295 e. The van der Waals surface area contributed by atoms with Crippen molar-refractivity contribution in [1.82, 2.24) is 0 Å². The zero-order chi connectivity index (χ0) is 9.26. The van der Waals surface area contributed by atoms with E-state index in [9.17, 15) is 4.79 Å². The Bertz CT molecular complexity index is 337. The van der Waals surface area contributed by atoms with Crippen LogP contribution in [0.1, 0.15) is 12.0 Å². The van der Waals surface area contributed by atoms with Crippen molar-refractivity contribution in [2.24, 2.45) is 5.92 Å². The number of hydrogen-bond acceptors (Lipinski definition) is 1. The molecule has 0 aliphatic heterocycles. The average Bonchev–Trinajstić information content (AvgIpc) is 2.19. The molecule has 1 aromatic carbocycles. The summed E-state index contributed by atoms with van der Waals surface area (Å²) < 4.78 is 0. The Hall–Kier alpha value is -1.37. The van der Waals surface area contributed by atoms with E-state index < -0.39 is 0 Å². The van der Waals surface area contributed by atoms with E-state index in [1.807, 2.05) is 18.2 Å². The third-order valence-electron chi connectivity index (χ3n) is 2.61. The summed E-state index contributed by atoms with van der Waals surface area (Å²) in [6, 6.07) is 10.2. The van der Waals surface area contributed by atoms with Crippen LogP contribution < -0.4 is 0 Å². The van der Waals surface area contributed by atoms with Crippen LogP contribution in [0.15, 0.2) is 42.5 Å². The van der Waals surface area contributed by atoms with Crippen molar-refractivity contribution >= 4 is 5.78 Å². The van der Waals surface area contributed by atoms with Gasteiger partial charge in [0.2, 0.25) is 0 Å². The first kappa shape index (κ1) is 8.24. The molecule has 2 rings (SSSR count). The van der Waals surface area contributed by atoms with Gasteiger partial charge in [-0.1, -0.05) is 36.9 Å². The summed E-state index contributed by atoms with van der Waals surface area (Å²) in [7, 11) is 0. The van der Waals surface area contributed by atoms with Gasteiger partial charge in [0.15, 0.2) is 5.78 Å². The molecule has 0 amide bonds. The van der Waals surface area contributed by atoms with E-state index in [4.69, 9.17) is 0 Å². The maximum absolute atomic E-state index is 10.9. The number of ketones is 1. The van der Waals surface area contributed by atoms with Gasteiger partial charge in [-0.05, 0) is 23.5 Å². The van der Waals surface area contributed by atoms with E-state index in [1.165, 1.54) is 5.56 Å². The topological polar surface area (TPSA) is 17.1 Å². The Morgan fingerprint density at radius 1 is 1.31 bits per heavy atom. The molecular formula is C12H12O. The Morgan fingerprint density at radius 3 is 2.54 bits per heavy atom. The molecule has 1 unspecified atom stereocenters. The summed E-state index contributed by atoms with van der Waals surface area (Å²) >= 11 is 0. The Labute approximate surface area is 78.1 Å². The molecule has 1 aliphatic rings. The Kier molecular flexibility index (Phi) is 2.01. The van der Waals surface area contributed by atoms with Gasteiger partial charge in [-0.3, -0.25) is 4.79 Å². The Balaban J connectivity index is 2.01. The van der Waals surface area contributed by atoms with Crippen LogP contribution in [0, 0.1) is 5.92 Å². The van der Waals surface area contributed by atoms with Gasteiger partial charge in [0.1, 0.15) is 0 Å². The molecule has 0 bridgehead atoms. The van der Waals surface area contributed by atoms with Gasteiger partial charge in [-0.2, -0.15) is 0 Å². The van der Waals surface area contributed by atoms with Gasteiger partial charge in [-0.15, -0.1) is 0 Å². The zero-order valence-electron chi connectivity index (χ0n) is 7.49. The number of rotatable bonds is 2. The molecule has 1 aromatic rings. The van der Waals surface area contributed by atoms with E-state index in [1.54, 1.807) is 0 Å². The molecule has 1 saturated carbocycles. The molecule has 0 N–H and O–H groups in total. The summed E-state index contributed by atoms with van der Waals surface area (Å²) in [4.78, 5) is 10.9. The molecule has 1 heteroatoms. The quantitative estimate of drug-likeness (QED) is 0.626. The highest BCUT2D eigenvalue weighted by Gasteiger charge is 2.30. The molecule has 0 saturated heterocycles. The summed E-state index contributed by atoms with van der Waals surface area (Å²) in [5.74, 6) is 0.635. The minimum atomic E-state index is 0.237. The predicted octanol–water partition coefficient (Wildman–Crippen LogP) is 2.37. The maximum Gasteiger partial charge on any atom is 0.159 e. The van der Waals surface area contributed by atoms with Crippen LogP contribution in [0.4, 0.5) is 0 Å². The van der Waals surface area contributed by atoms with Crippen LogP contribution in [0.5, 0.6) is 0 Å². The van der Waals surface area contributed by atoms with E-state index in [0.29, 0.717) is 12.3 Å². The SMILES string of the molecule is C=C1C(=O)CC1Cc1ccccc1. The predicted molar refractivity (Wildman–Crippen MR) is 52.4 cm³/mol. The number of allylic oxidation sites excluding steroid dienone is 1. The van der Waals surface area contributed by atoms with Crippen molar-refractivity contribution in [1.29, 1.82) is 0 Å². The van der Waals surface area contributed by atoms with Crippen LogP contribution in [-0.2, 0) is 11.2 Å². The monoisotopic (exact) mass is 172 g/mol. The highest BCUT2D eigenvalue weighted by Crippen LogP contribution is 2.31. The summed E-state index contributed by atoms with van der Waals surface area (Å²) in [6.07, 6.45) is 1.65. The van der Waals surface area contributed by atoms with Crippen molar-refractivity contribution in [3.63, 3.8) is 0 Å². The fourth-order valence-electron chi connectivity index (χ4n) is 1.67. The molecule has 0 heterocycles. The van der Waals surface area contributed by atoms with E-state index >= 15 is 0 Å². The lowest BCUT2D eigenvalue weighted by Crippen LogP contribution is -2.28. The van der Waals surface area contributed by atoms with Gasteiger partial charge in [0.25, 0.3) is 0 Å². The molecule has 1 nitrogen and oxygen atoms in total. The Morgan fingerprint density at radius 2 is 2.00 bits per heavy atom. The lowest BCUT2D eigenvalue weighted by molar-refractivity contribution is -0.120. The normalized spacial score (nSPS) is 21.4. The standard InChI is InChI=1S/C12H12O/c1-9-11(8-12(9)13)7-10-5-3-2-4-6-10/h2-6,11H,1,7-8H2. The lowest BCUT2D eigenvalue weighted by atomic mass is 9.75. The number of carbonyl (C=O) groups excluding carboxylic acids is 1. The maximum atomic E-state index is 10.9. The zero-order valence-corrected chi connectivity index (χ0v) is 7.49. The number of hydrogen-bond donors (Lipinski definition) is 0. The van der Waals surface area contributed by atoms with E-state index in [0.717, 1.165) is 12.0 Å². The molecule has 1 atom stereocenters. The fourth-order valence-corrected chi connectivity index (χ4v) is 1.67. The van der Waals surface area contributed by atoms with Crippen molar-refractivity contribution in [3.8, 4) is 0 Å². The molecule has 0 radical (unpaired) electrons. The van der Waals surface area contributed by atoms with Crippen molar-refractivity contribution in [2.75, 3.05) is 0 Å².